The van der Waals surface area contributed by atoms with Crippen LogP contribution in [0.3, 0.4) is 0 Å². The number of carbonyl (C=O) groups excluding carboxylic acids is 2. The molecule has 1 aliphatic heterocycles. The standard InChI is InChI=1S/C67H96O7/c1-47(2)20-21-52-25-31-63(41-52)37-38-64(46-63)45-62(42-55(64)23-22-51-17-11-8-12-18-51)32-27-54(28-33-62)61(6)30-29-57(69)67-59(61)56(74-49(4)68)43-60(5,66(67,72)35-26-53-40-58(70)73-44-53)36-39-65(67,71)34-24-48(3)14-13-19-50-15-9-7-10-16-50/h7-12,15-18,36,39-40,47-48,52,54-57,59,69,71-72H,13-14,19-35,37-38,41-46H2,1-6H3. The Bertz CT molecular complexity index is 2350. The Morgan fingerprint density at radius 1 is 0.743 bits per heavy atom. The summed E-state index contributed by atoms with van der Waals surface area (Å²) in [6.07, 6.45) is 31.3. The molecule has 2 aromatic carbocycles. The molecule has 10 rings (SSSR count). The average Bonchev–Trinajstić information content (AvgIpc) is 4.26. The number of carbonyl (C=O) groups is 2. The second-order valence-electron chi connectivity index (χ2n) is 28.2. The van der Waals surface area contributed by atoms with Gasteiger partial charge in [-0.05, 0) is 216 Å². The van der Waals surface area contributed by atoms with Gasteiger partial charge in [0.15, 0.2) is 0 Å². The Labute approximate surface area is 446 Å². The molecule has 13 unspecified atom stereocenters. The van der Waals surface area contributed by atoms with Crippen molar-refractivity contribution in [3.63, 3.8) is 0 Å². The van der Waals surface area contributed by atoms with Gasteiger partial charge in [-0.2, -0.15) is 0 Å². The van der Waals surface area contributed by atoms with E-state index in [2.05, 4.69) is 95.3 Å². The van der Waals surface area contributed by atoms with Crippen LogP contribution in [0.25, 0.3) is 0 Å². The molecule has 4 spiro atoms. The van der Waals surface area contributed by atoms with Gasteiger partial charge in [-0.15, -0.1) is 0 Å². The Hall–Kier alpha value is -3.26. The molecule has 0 amide bonds. The summed E-state index contributed by atoms with van der Waals surface area (Å²) in [4.78, 5) is 25.9. The van der Waals surface area contributed by atoms with Crippen LogP contribution in [0.15, 0.2) is 84.5 Å². The first-order chi connectivity index (χ1) is 35.3. The molecular weight excluding hydrogens is 917 g/mol. The van der Waals surface area contributed by atoms with Crippen molar-refractivity contribution in [1.82, 2.24) is 0 Å². The van der Waals surface area contributed by atoms with Crippen LogP contribution in [0.5, 0.6) is 0 Å². The van der Waals surface area contributed by atoms with E-state index >= 15 is 0 Å². The Balaban J connectivity index is 0.959. The zero-order chi connectivity index (χ0) is 52.2. The molecule has 0 saturated heterocycles. The number of fused-ring (bicyclic) bond motifs is 1. The SMILES string of the molecule is CC(=O)OC1CC2(C)C=CC(O)(CCC(C)CCCc3ccccc3)C3(C(O)CCC(C)(C4CCC5(CC4)CC(CCc4ccccc4)C4(CCC6(CCC(CCC(C)C)C6)C4)C5)C13)C2(O)CCC1=CC(=O)OC1. The first kappa shape index (κ1) is 54.1. The van der Waals surface area contributed by atoms with E-state index in [1.54, 1.807) is 6.08 Å². The lowest BCUT2D eigenvalue weighted by Gasteiger charge is -2.76. The number of benzene rings is 2. The number of aliphatic hydroxyl groups excluding tert-OH is 1. The normalized spacial score (nSPS) is 41.8. The first-order valence-electron chi connectivity index (χ1n) is 30.2. The summed E-state index contributed by atoms with van der Waals surface area (Å²) in [6.45, 7) is 13.2. The molecule has 7 nitrogen and oxygen atoms in total. The van der Waals surface area contributed by atoms with E-state index < -0.39 is 45.6 Å². The quantitative estimate of drug-likeness (QED) is 0.101. The Morgan fingerprint density at radius 2 is 1.42 bits per heavy atom. The molecule has 13 atom stereocenters. The number of hydrogen-bond acceptors (Lipinski definition) is 7. The van der Waals surface area contributed by atoms with E-state index in [4.69, 9.17) is 9.47 Å². The highest BCUT2D eigenvalue weighted by Crippen LogP contribution is 2.77. The molecule has 6 fully saturated rings. The molecule has 2 aromatic rings. The largest absolute Gasteiger partial charge is 0.462 e. The molecule has 8 aliphatic rings. The minimum atomic E-state index is -1.60. The predicted molar refractivity (Wildman–Crippen MR) is 295 cm³/mol. The number of aliphatic hydroxyl groups is 3. The number of cyclic esters (lactones) is 1. The fourth-order valence-corrected chi connectivity index (χ4v) is 19.8. The maximum absolute atomic E-state index is 14.3. The summed E-state index contributed by atoms with van der Waals surface area (Å²) in [7, 11) is 0. The van der Waals surface area contributed by atoms with Gasteiger partial charge in [0.05, 0.1) is 22.7 Å². The van der Waals surface area contributed by atoms with Gasteiger partial charge in [-0.1, -0.05) is 127 Å². The van der Waals surface area contributed by atoms with Gasteiger partial charge in [-0.3, -0.25) is 4.79 Å². The Morgan fingerprint density at radius 3 is 2.08 bits per heavy atom. The molecule has 1 heterocycles. The van der Waals surface area contributed by atoms with Crippen LogP contribution in [-0.2, 0) is 31.9 Å². The molecule has 3 N–H and O–H groups in total. The van der Waals surface area contributed by atoms with Crippen molar-refractivity contribution < 1.29 is 34.4 Å². The van der Waals surface area contributed by atoms with E-state index in [0.29, 0.717) is 47.8 Å². The first-order valence-corrected chi connectivity index (χ1v) is 30.2. The van der Waals surface area contributed by atoms with Crippen LogP contribution in [-0.4, -0.2) is 57.3 Å². The van der Waals surface area contributed by atoms with Gasteiger partial charge in [0, 0.05) is 24.3 Å². The van der Waals surface area contributed by atoms with Crippen molar-refractivity contribution in [3.05, 3.63) is 95.6 Å². The van der Waals surface area contributed by atoms with Crippen molar-refractivity contribution in [2.45, 2.75) is 232 Å². The van der Waals surface area contributed by atoms with Crippen molar-refractivity contribution >= 4 is 11.9 Å². The van der Waals surface area contributed by atoms with Crippen LogP contribution in [0.1, 0.15) is 207 Å². The lowest BCUT2D eigenvalue weighted by atomic mass is 9.31. The van der Waals surface area contributed by atoms with Gasteiger partial charge < -0.3 is 24.8 Å². The van der Waals surface area contributed by atoms with Crippen molar-refractivity contribution in [1.29, 1.82) is 0 Å². The van der Waals surface area contributed by atoms with E-state index in [1.807, 2.05) is 12.2 Å². The monoisotopic (exact) mass is 1010 g/mol. The lowest BCUT2D eigenvalue weighted by Crippen LogP contribution is -2.83. The third kappa shape index (κ3) is 9.76. The fraction of sp³-hybridized carbons (Fsp3) is 0.731. The highest BCUT2D eigenvalue weighted by molar-refractivity contribution is 5.85. The highest BCUT2D eigenvalue weighted by Gasteiger charge is 2.82. The lowest BCUT2D eigenvalue weighted by molar-refractivity contribution is -0.362. The molecule has 0 radical (unpaired) electrons. The minimum absolute atomic E-state index is 0.191. The third-order valence-corrected chi connectivity index (χ3v) is 23.3. The van der Waals surface area contributed by atoms with Crippen LogP contribution < -0.4 is 0 Å². The average molecular weight is 1010 g/mol. The number of esters is 2. The van der Waals surface area contributed by atoms with Crippen LogP contribution in [0.2, 0.25) is 0 Å². The molecule has 7 aliphatic carbocycles. The maximum atomic E-state index is 14.3. The van der Waals surface area contributed by atoms with Gasteiger partial charge in [0.25, 0.3) is 0 Å². The molecule has 6 saturated carbocycles. The molecule has 406 valence electrons. The van der Waals surface area contributed by atoms with Crippen LogP contribution >= 0.6 is 0 Å². The second-order valence-corrected chi connectivity index (χ2v) is 28.2. The molecule has 0 aromatic heterocycles. The Kier molecular flexibility index (Phi) is 15.2. The maximum Gasteiger partial charge on any atom is 0.331 e. The number of hydrogen-bond donors (Lipinski definition) is 3. The summed E-state index contributed by atoms with van der Waals surface area (Å²) in [5.74, 6) is 1.76. The summed E-state index contributed by atoms with van der Waals surface area (Å²) < 4.78 is 12.0. The zero-order valence-electron chi connectivity index (χ0n) is 46.7. The summed E-state index contributed by atoms with van der Waals surface area (Å²) in [5, 5.41) is 41.6. The van der Waals surface area contributed by atoms with E-state index in [0.717, 1.165) is 74.7 Å². The highest BCUT2D eigenvalue weighted by atomic mass is 16.5. The van der Waals surface area contributed by atoms with Crippen molar-refractivity contribution in [2.75, 3.05) is 6.61 Å². The summed E-state index contributed by atoms with van der Waals surface area (Å²) in [5.41, 5.74) is -1.15. The van der Waals surface area contributed by atoms with Crippen molar-refractivity contribution in [2.24, 2.45) is 68.0 Å². The summed E-state index contributed by atoms with van der Waals surface area (Å²) in [6, 6.07) is 21.9. The van der Waals surface area contributed by atoms with E-state index in [-0.39, 0.29) is 30.9 Å². The van der Waals surface area contributed by atoms with E-state index in [1.165, 1.54) is 102 Å². The van der Waals surface area contributed by atoms with Gasteiger partial charge in [-0.25, -0.2) is 4.79 Å². The van der Waals surface area contributed by atoms with Crippen LogP contribution in [0.4, 0.5) is 0 Å². The number of rotatable bonds is 18. The molecule has 74 heavy (non-hydrogen) atoms. The van der Waals surface area contributed by atoms with Crippen molar-refractivity contribution in [3.8, 4) is 0 Å². The predicted octanol–water partition coefficient (Wildman–Crippen LogP) is 14.4. The topological polar surface area (TPSA) is 113 Å². The van der Waals surface area contributed by atoms with Gasteiger partial charge in [0.2, 0.25) is 0 Å². The molecular formula is C67H96O7. The number of ether oxygens (including phenoxy) is 2. The number of aryl methyl sites for hydroxylation is 2. The van der Waals surface area contributed by atoms with E-state index in [9.17, 15) is 24.9 Å². The second kappa shape index (κ2) is 20.8. The molecule has 2 bridgehead atoms. The zero-order valence-corrected chi connectivity index (χ0v) is 46.7. The smallest absolute Gasteiger partial charge is 0.331 e. The fourth-order valence-electron chi connectivity index (χ4n) is 19.8. The minimum Gasteiger partial charge on any atom is -0.462 e. The third-order valence-electron chi connectivity index (χ3n) is 23.3. The van der Waals surface area contributed by atoms with Crippen LogP contribution in [0, 0.1) is 68.0 Å². The van der Waals surface area contributed by atoms with Gasteiger partial charge >= 0.3 is 11.9 Å². The van der Waals surface area contributed by atoms with Gasteiger partial charge in [0.1, 0.15) is 12.7 Å². The summed E-state index contributed by atoms with van der Waals surface area (Å²) >= 11 is 0. The molecule has 7 heteroatoms.